The first-order chi connectivity index (χ1) is 12.2. The number of nitrogens with zero attached hydrogens (tertiary/aromatic N) is 2. The molecule has 1 aliphatic carbocycles. The van der Waals surface area contributed by atoms with E-state index in [4.69, 9.17) is 0 Å². The number of likely N-dealkylation sites (tertiary alicyclic amines) is 1. The van der Waals surface area contributed by atoms with E-state index in [1.165, 1.54) is 45.8 Å². The van der Waals surface area contributed by atoms with E-state index in [0.29, 0.717) is 12.5 Å². The minimum absolute atomic E-state index is 0. The lowest BCUT2D eigenvalue weighted by Gasteiger charge is -2.24. The first-order valence-electron chi connectivity index (χ1n) is 10.0. The molecule has 0 amide bonds. The van der Waals surface area contributed by atoms with E-state index in [9.17, 15) is 4.79 Å². The molecule has 6 nitrogen and oxygen atoms in total. The van der Waals surface area contributed by atoms with E-state index in [0.717, 1.165) is 50.8 Å². The Morgan fingerprint density at radius 1 is 1.15 bits per heavy atom. The monoisotopic (exact) mass is 480 g/mol. The first kappa shape index (κ1) is 23.5. The Kier molecular flexibility index (Phi) is 12.3. The summed E-state index contributed by atoms with van der Waals surface area (Å²) in [5.41, 5.74) is 0. The van der Waals surface area contributed by atoms with Gasteiger partial charge in [0.05, 0.1) is 7.11 Å². The van der Waals surface area contributed by atoms with Crippen LogP contribution in [0.25, 0.3) is 0 Å². The molecule has 0 radical (unpaired) electrons. The lowest BCUT2D eigenvalue weighted by Crippen LogP contribution is -2.45. The highest BCUT2D eigenvalue weighted by atomic mass is 127. The van der Waals surface area contributed by atoms with Gasteiger partial charge in [-0.25, -0.2) is 0 Å². The molecule has 0 aromatic heterocycles. The predicted molar refractivity (Wildman–Crippen MR) is 117 cm³/mol. The number of carbonyl (C=O) groups excluding carboxylic acids is 1. The minimum atomic E-state index is -0.106. The Balaban J connectivity index is 0.00000338. The molecule has 2 aliphatic rings. The van der Waals surface area contributed by atoms with Gasteiger partial charge >= 0.3 is 5.97 Å². The van der Waals surface area contributed by atoms with Gasteiger partial charge in [-0.05, 0) is 32.1 Å². The van der Waals surface area contributed by atoms with E-state index in [2.05, 4.69) is 25.3 Å². The van der Waals surface area contributed by atoms with Crippen LogP contribution in [0, 0.1) is 0 Å². The number of hydrogen-bond acceptors (Lipinski definition) is 4. The normalized spacial score (nSPS) is 21.5. The van der Waals surface area contributed by atoms with Crippen LogP contribution in [0.2, 0.25) is 0 Å². The Morgan fingerprint density at radius 2 is 1.88 bits per heavy atom. The fourth-order valence-electron chi connectivity index (χ4n) is 3.95. The number of rotatable bonds is 9. The van der Waals surface area contributed by atoms with Crippen molar-refractivity contribution in [3.05, 3.63) is 0 Å². The number of guanidine groups is 1. The van der Waals surface area contributed by atoms with Crippen LogP contribution < -0.4 is 10.6 Å². The molecule has 1 saturated carbocycles. The summed E-state index contributed by atoms with van der Waals surface area (Å²) in [6.45, 7) is 3.30. The number of halogens is 1. The number of ether oxygens (including phenoxy) is 1. The standard InChI is InChI=1S/C19H36N4O2.HI/c1-20-19(21-13-8-4-3-5-11-18(24)25-2)22-16-12-14-23(15-16)17-9-6-7-10-17;/h16-17H,3-15H2,1-2H3,(H2,20,21,22);1H. The third-order valence-electron chi connectivity index (χ3n) is 5.45. The summed E-state index contributed by atoms with van der Waals surface area (Å²) in [5, 5.41) is 7.00. The second-order valence-electron chi connectivity index (χ2n) is 7.30. The molecule has 1 saturated heterocycles. The summed E-state index contributed by atoms with van der Waals surface area (Å²) in [7, 11) is 3.29. The second-order valence-corrected chi connectivity index (χ2v) is 7.30. The van der Waals surface area contributed by atoms with Crippen LogP contribution in [0.1, 0.15) is 64.2 Å². The van der Waals surface area contributed by atoms with Gasteiger partial charge in [-0.15, -0.1) is 24.0 Å². The van der Waals surface area contributed by atoms with Crippen molar-refractivity contribution in [2.24, 2.45) is 4.99 Å². The molecule has 152 valence electrons. The molecule has 26 heavy (non-hydrogen) atoms. The van der Waals surface area contributed by atoms with E-state index in [1.807, 2.05) is 7.05 Å². The molecule has 1 heterocycles. The molecule has 7 heteroatoms. The molecule has 2 rings (SSSR count). The van der Waals surface area contributed by atoms with Gasteiger partial charge in [0.2, 0.25) is 0 Å². The third-order valence-corrected chi connectivity index (χ3v) is 5.45. The molecular formula is C19H37IN4O2. The van der Waals surface area contributed by atoms with Gasteiger partial charge in [0.15, 0.2) is 5.96 Å². The molecule has 0 bridgehead atoms. The van der Waals surface area contributed by atoms with Gasteiger partial charge in [-0.1, -0.05) is 25.7 Å². The average Bonchev–Trinajstić information content (AvgIpc) is 3.30. The smallest absolute Gasteiger partial charge is 0.305 e. The highest BCUT2D eigenvalue weighted by Gasteiger charge is 2.30. The van der Waals surface area contributed by atoms with Crippen molar-refractivity contribution in [2.45, 2.75) is 76.3 Å². The topological polar surface area (TPSA) is 66.0 Å². The maximum Gasteiger partial charge on any atom is 0.305 e. The Bertz CT molecular complexity index is 428. The van der Waals surface area contributed by atoms with Crippen molar-refractivity contribution in [1.82, 2.24) is 15.5 Å². The minimum Gasteiger partial charge on any atom is -0.469 e. The lowest BCUT2D eigenvalue weighted by molar-refractivity contribution is -0.140. The van der Waals surface area contributed by atoms with Crippen LogP contribution in [0.15, 0.2) is 4.99 Å². The fraction of sp³-hybridized carbons (Fsp3) is 0.895. The van der Waals surface area contributed by atoms with Crippen molar-refractivity contribution < 1.29 is 9.53 Å². The molecule has 2 N–H and O–H groups in total. The quantitative estimate of drug-likeness (QED) is 0.175. The van der Waals surface area contributed by atoms with E-state index < -0.39 is 0 Å². The summed E-state index contributed by atoms with van der Waals surface area (Å²) < 4.78 is 4.65. The molecule has 1 atom stereocenters. The zero-order valence-corrected chi connectivity index (χ0v) is 18.8. The van der Waals surface area contributed by atoms with Crippen molar-refractivity contribution >= 4 is 35.9 Å². The van der Waals surface area contributed by atoms with Gasteiger partial charge in [-0.2, -0.15) is 0 Å². The maximum absolute atomic E-state index is 11.0. The Hall–Kier alpha value is -0.570. The van der Waals surface area contributed by atoms with Crippen LogP contribution in [-0.2, 0) is 9.53 Å². The van der Waals surface area contributed by atoms with Gasteiger partial charge < -0.3 is 15.4 Å². The zero-order valence-electron chi connectivity index (χ0n) is 16.5. The molecular weight excluding hydrogens is 443 g/mol. The lowest BCUT2D eigenvalue weighted by atomic mass is 10.1. The van der Waals surface area contributed by atoms with E-state index in [-0.39, 0.29) is 29.9 Å². The SMILES string of the molecule is CN=C(NCCCCCCC(=O)OC)NC1CCN(C2CCCC2)C1.I. The Morgan fingerprint density at radius 3 is 2.58 bits per heavy atom. The number of unbranched alkanes of at least 4 members (excludes halogenated alkanes) is 3. The number of esters is 1. The first-order valence-corrected chi connectivity index (χ1v) is 10.0. The summed E-state index contributed by atoms with van der Waals surface area (Å²) in [4.78, 5) is 18.1. The maximum atomic E-state index is 11.0. The van der Waals surface area contributed by atoms with Crippen molar-refractivity contribution in [2.75, 3.05) is 33.8 Å². The van der Waals surface area contributed by atoms with E-state index >= 15 is 0 Å². The second kappa shape index (κ2) is 13.6. The number of methoxy groups -OCH3 is 1. The fourth-order valence-corrected chi connectivity index (χ4v) is 3.95. The van der Waals surface area contributed by atoms with Gasteiger partial charge in [0.1, 0.15) is 0 Å². The molecule has 1 unspecified atom stereocenters. The average molecular weight is 480 g/mol. The van der Waals surface area contributed by atoms with Crippen LogP contribution >= 0.6 is 24.0 Å². The summed E-state index contributed by atoms with van der Waals surface area (Å²) >= 11 is 0. The van der Waals surface area contributed by atoms with Crippen LogP contribution in [0.4, 0.5) is 0 Å². The Labute approximate surface area is 175 Å². The van der Waals surface area contributed by atoms with Crippen LogP contribution in [-0.4, -0.2) is 62.7 Å². The summed E-state index contributed by atoms with van der Waals surface area (Å²) in [5.74, 6) is 0.818. The van der Waals surface area contributed by atoms with Gasteiger partial charge in [0.25, 0.3) is 0 Å². The van der Waals surface area contributed by atoms with Gasteiger partial charge in [-0.3, -0.25) is 14.7 Å². The van der Waals surface area contributed by atoms with Gasteiger partial charge in [0, 0.05) is 45.2 Å². The molecule has 2 fully saturated rings. The van der Waals surface area contributed by atoms with E-state index in [1.54, 1.807) is 0 Å². The van der Waals surface area contributed by atoms with Crippen molar-refractivity contribution in [3.63, 3.8) is 0 Å². The largest absolute Gasteiger partial charge is 0.469 e. The molecule has 0 aromatic rings. The summed E-state index contributed by atoms with van der Waals surface area (Å²) in [6.07, 6.45) is 11.5. The third kappa shape index (κ3) is 8.41. The number of nitrogens with one attached hydrogen (secondary N) is 2. The molecule has 0 spiro atoms. The van der Waals surface area contributed by atoms with Crippen LogP contribution in [0.5, 0.6) is 0 Å². The number of aliphatic imine (C=N–C) groups is 1. The van der Waals surface area contributed by atoms with Crippen molar-refractivity contribution in [1.29, 1.82) is 0 Å². The molecule has 1 aliphatic heterocycles. The highest BCUT2D eigenvalue weighted by Crippen LogP contribution is 2.26. The number of hydrogen-bond donors (Lipinski definition) is 2. The van der Waals surface area contributed by atoms with Crippen LogP contribution in [0.3, 0.4) is 0 Å². The zero-order chi connectivity index (χ0) is 17.9. The molecule has 0 aromatic carbocycles. The highest BCUT2D eigenvalue weighted by molar-refractivity contribution is 14.0. The summed E-state index contributed by atoms with van der Waals surface area (Å²) in [6, 6.07) is 1.35. The van der Waals surface area contributed by atoms with Crippen molar-refractivity contribution in [3.8, 4) is 0 Å². The number of carbonyl (C=O) groups is 1. The predicted octanol–water partition coefficient (Wildman–Crippen LogP) is 2.91.